The maximum Gasteiger partial charge on any atom is 0.275 e. The van der Waals surface area contributed by atoms with E-state index in [1.165, 1.54) is 6.21 Å². The van der Waals surface area contributed by atoms with Gasteiger partial charge in [0.2, 0.25) is 0 Å². The fourth-order valence-corrected chi connectivity index (χ4v) is 2.33. The molecule has 0 radical (unpaired) electrons. The Bertz CT molecular complexity index is 747. The first-order valence-electron chi connectivity index (χ1n) is 6.72. The van der Waals surface area contributed by atoms with Crippen LogP contribution < -0.4 is 10.2 Å². The number of hydrogen-bond acceptors (Lipinski definition) is 3. The third-order valence-corrected chi connectivity index (χ3v) is 3.50. The molecule has 0 saturated heterocycles. The zero-order valence-electron chi connectivity index (χ0n) is 12.1. The van der Waals surface area contributed by atoms with Crippen LogP contribution in [0.4, 0.5) is 0 Å². The van der Waals surface area contributed by atoms with Gasteiger partial charge < -0.3 is 4.74 Å². The van der Waals surface area contributed by atoms with E-state index in [2.05, 4.69) is 33.0 Å². The van der Waals surface area contributed by atoms with Gasteiger partial charge in [-0.3, -0.25) is 4.79 Å². The average molecular weight is 394 g/mol. The number of ether oxygens (including phenoxy) is 1. The number of carbonyl (C=O) groups is 1. The van der Waals surface area contributed by atoms with Crippen LogP contribution in [-0.2, 0) is 0 Å². The van der Waals surface area contributed by atoms with Crippen LogP contribution in [0.5, 0.6) is 5.75 Å². The van der Waals surface area contributed by atoms with E-state index in [-0.39, 0.29) is 5.91 Å². The number of amides is 1. The number of halogens is 2. The zero-order valence-corrected chi connectivity index (χ0v) is 14.5. The molecule has 2 aromatic rings. The Balaban J connectivity index is 2.10. The third kappa shape index (κ3) is 5.23. The van der Waals surface area contributed by atoms with Gasteiger partial charge in [-0.15, -0.1) is 0 Å². The highest BCUT2D eigenvalue weighted by Crippen LogP contribution is 2.23. The summed E-state index contributed by atoms with van der Waals surface area (Å²) in [5, 5.41) is 4.54. The molecule has 0 saturated carbocycles. The van der Waals surface area contributed by atoms with Gasteiger partial charge in [0.05, 0.1) is 11.8 Å². The lowest BCUT2D eigenvalue weighted by molar-refractivity contribution is 0.0951. The van der Waals surface area contributed by atoms with Crippen molar-refractivity contribution >= 4 is 39.7 Å². The molecule has 0 unspecified atom stereocenters. The fourth-order valence-electron chi connectivity index (χ4n) is 1.77. The van der Waals surface area contributed by atoms with E-state index in [1.54, 1.807) is 42.5 Å². The predicted octanol–water partition coefficient (Wildman–Crippen LogP) is 4.43. The zero-order chi connectivity index (χ0) is 16.7. The van der Waals surface area contributed by atoms with Crippen molar-refractivity contribution in [3.05, 3.63) is 75.7 Å². The van der Waals surface area contributed by atoms with Crippen molar-refractivity contribution < 1.29 is 9.53 Å². The number of nitrogens with zero attached hydrogens (tertiary/aromatic N) is 1. The third-order valence-electron chi connectivity index (χ3n) is 2.77. The smallest absolute Gasteiger partial charge is 0.275 e. The largest absolute Gasteiger partial charge is 0.489 e. The van der Waals surface area contributed by atoms with E-state index in [9.17, 15) is 4.79 Å². The highest BCUT2D eigenvalue weighted by atomic mass is 79.9. The van der Waals surface area contributed by atoms with Crippen molar-refractivity contribution in [2.24, 2.45) is 5.10 Å². The van der Waals surface area contributed by atoms with Crippen LogP contribution in [0.2, 0.25) is 5.02 Å². The molecule has 2 rings (SSSR count). The summed E-state index contributed by atoms with van der Waals surface area (Å²) in [6.07, 6.45) is 3.13. The summed E-state index contributed by atoms with van der Waals surface area (Å²) in [7, 11) is 0. The van der Waals surface area contributed by atoms with Crippen molar-refractivity contribution in [2.75, 3.05) is 6.61 Å². The van der Waals surface area contributed by atoms with E-state index in [4.69, 9.17) is 16.3 Å². The SMILES string of the molecule is C=CCOc1ccc(Br)cc1C(=O)N/N=C/c1cccc(Cl)c1. The molecule has 0 aliphatic heterocycles. The van der Waals surface area contributed by atoms with E-state index >= 15 is 0 Å². The number of nitrogens with one attached hydrogen (secondary N) is 1. The van der Waals surface area contributed by atoms with Gasteiger partial charge in [0, 0.05) is 9.50 Å². The normalized spacial score (nSPS) is 10.5. The highest BCUT2D eigenvalue weighted by Gasteiger charge is 2.12. The van der Waals surface area contributed by atoms with Crippen molar-refractivity contribution in [1.29, 1.82) is 0 Å². The molecule has 118 valence electrons. The minimum atomic E-state index is -0.372. The average Bonchev–Trinajstić information content (AvgIpc) is 2.53. The molecule has 0 atom stereocenters. The summed E-state index contributed by atoms with van der Waals surface area (Å²) in [4.78, 5) is 12.3. The second-order valence-corrected chi connectivity index (χ2v) is 5.85. The molecule has 4 nitrogen and oxygen atoms in total. The van der Waals surface area contributed by atoms with Crippen molar-refractivity contribution in [2.45, 2.75) is 0 Å². The maximum atomic E-state index is 12.3. The van der Waals surface area contributed by atoms with Crippen LogP contribution in [0.25, 0.3) is 0 Å². The fraction of sp³-hybridized carbons (Fsp3) is 0.0588. The van der Waals surface area contributed by atoms with Gasteiger partial charge in [-0.1, -0.05) is 52.3 Å². The second kappa shape index (κ2) is 8.50. The Hall–Kier alpha value is -2.11. The van der Waals surface area contributed by atoms with Gasteiger partial charge in [0.1, 0.15) is 12.4 Å². The molecule has 0 heterocycles. The summed E-state index contributed by atoms with van der Waals surface area (Å²) in [6, 6.07) is 12.3. The summed E-state index contributed by atoms with van der Waals surface area (Å²) in [5.41, 5.74) is 3.64. The Kier molecular flexibility index (Phi) is 6.38. The first-order chi connectivity index (χ1) is 11.1. The number of benzene rings is 2. The molecule has 6 heteroatoms. The van der Waals surface area contributed by atoms with Gasteiger partial charge in [0.25, 0.3) is 5.91 Å². The molecule has 0 fully saturated rings. The van der Waals surface area contributed by atoms with Crippen LogP contribution in [0.1, 0.15) is 15.9 Å². The number of hydrazone groups is 1. The number of rotatable bonds is 6. The van der Waals surface area contributed by atoms with Gasteiger partial charge >= 0.3 is 0 Å². The first-order valence-corrected chi connectivity index (χ1v) is 7.89. The van der Waals surface area contributed by atoms with Gasteiger partial charge in [-0.2, -0.15) is 5.10 Å². The topological polar surface area (TPSA) is 50.7 Å². The standard InChI is InChI=1S/C17H14BrClN2O2/c1-2-8-23-16-7-6-13(18)10-15(16)17(22)21-20-11-12-4-3-5-14(19)9-12/h2-7,9-11H,1,8H2,(H,21,22)/b20-11+. The molecule has 0 aromatic heterocycles. The summed E-state index contributed by atoms with van der Waals surface area (Å²) in [6.45, 7) is 3.90. The Morgan fingerprint density at radius 1 is 1.35 bits per heavy atom. The minimum absolute atomic E-state index is 0.313. The van der Waals surface area contributed by atoms with E-state index in [1.807, 2.05) is 6.07 Å². The Morgan fingerprint density at radius 2 is 2.17 bits per heavy atom. The number of hydrogen-bond donors (Lipinski definition) is 1. The molecule has 1 amide bonds. The van der Waals surface area contributed by atoms with E-state index in [0.29, 0.717) is 22.9 Å². The maximum absolute atomic E-state index is 12.3. The van der Waals surface area contributed by atoms with Crippen LogP contribution in [0.15, 0.2) is 64.7 Å². The van der Waals surface area contributed by atoms with Gasteiger partial charge in [0.15, 0.2) is 0 Å². The molecular weight excluding hydrogens is 380 g/mol. The summed E-state index contributed by atoms with van der Waals surface area (Å²) < 4.78 is 6.24. The molecule has 0 aliphatic rings. The van der Waals surface area contributed by atoms with E-state index in [0.717, 1.165) is 10.0 Å². The highest BCUT2D eigenvalue weighted by molar-refractivity contribution is 9.10. The molecule has 1 N–H and O–H groups in total. The first kappa shape index (κ1) is 17.2. The molecular formula is C17H14BrClN2O2. The Morgan fingerprint density at radius 3 is 2.91 bits per heavy atom. The van der Waals surface area contributed by atoms with Crippen LogP contribution >= 0.6 is 27.5 Å². The van der Waals surface area contributed by atoms with Crippen LogP contribution in [-0.4, -0.2) is 18.7 Å². The lowest BCUT2D eigenvalue weighted by Crippen LogP contribution is -2.18. The van der Waals surface area contributed by atoms with Crippen molar-refractivity contribution in [1.82, 2.24) is 5.43 Å². The summed E-state index contributed by atoms with van der Waals surface area (Å²) >= 11 is 9.23. The number of carbonyl (C=O) groups excluding carboxylic acids is 1. The summed E-state index contributed by atoms with van der Waals surface area (Å²) in [5.74, 6) is 0.0900. The lowest BCUT2D eigenvalue weighted by Gasteiger charge is -2.09. The predicted molar refractivity (Wildman–Crippen MR) is 96.3 cm³/mol. The van der Waals surface area contributed by atoms with Crippen molar-refractivity contribution in [3.8, 4) is 5.75 Å². The molecule has 0 aliphatic carbocycles. The molecule has 0 bridgehead atoms. The van der Waals surface area contributed by atoms with E-state index < -0.39 is 0 Å². The van der Waals surface area contributed by atoms with Gasteiger partial charge in [-0.25, -0.2) is 5.43 Å². The minimum Gasteiger partial charge on any atom is -0.489 e. The van der Waals surface area contributed by atoms with Crippen LogP contribution in [0, 0.1) is 0 Å². The van der Waals surface area contributed by atoms with Crippen molar-refractivity contribution in [3.63, 3.8) is 0 Å². The Labute approximate surface area is 147 Å². The quantitative estimate of drug-likeness (QED) is 0.448. The lowest BCUT2D eigenvalue weighted by atomic mass is 10.2. The van der Waals surface area contributed by atoms with Gasteiger partial charge in [-0.05, 0) is 35.9 Å². The molecule has 2 aromatic carbocycles. The second-order valence-electron chi connectivity index (χ2n) is 4.49. The molecule has 23 heavy (non-hydrogen) atoms. The van der Waals surface area contributed by atoms with Crippen LogP contribution in [0.3, 0.4) is 0 Å². The monoisotopic (exact) mass is 392 g/mol. The molecule has 0 spiro atoms.